The van der Waals surface area contributed by atoms with Crippen molar-refractivity contribution in [3.05, 3.63) is 29.8 Å². The standard InChI is InChI=1S/C17H25NO5S/c1-13-5-7-15(8-6-13)24(20,21)22-12-18-10-9-14(11-18)16(19)23-17(2,3)4/h5-8,14H,9-12H2,1-4H3. The zero-order chi connectivity index (χ0) is 18.0. The summed E-state index contributed by atoms with van der Waals surface area (Å²) in [7, 11) is -3.79. The molecule has 1 saturated heterocycles. The van der Waals surface area contributed by atoms with E-state index in [4.69, 9.17) is 8.92 Å². The Morgan fingerprint density at radius 3 is 2.46 bits per heavy atom. The van der Waals surface area contributed by atoms with E-state index in [1.54, 1.807) is 17.0 Å². The fourth-order valence-electron chi connectivity index (χ4n) is 2.44. The maximum absolute atomic E-state index is 12.2. The van der Waals surface area contributed by atoms with E-state index in [0.717, 1.165) is 5.56 Å². The van der Waals surface area contributed by atoms with Gasteiger partial charge in [0.15, 0.2) is 0 Å². The van der Waals surface area contributed by atoms with Gasteiger partial charge in [0, 0.05) is 13.1 Å². The van der Waals surface area contributed by atoms with Crippen LogP contribution >= 0.6 is 0 Å². The molecular formula is C17H25NO5S. The summed E-state index contributed by atoms with van der Waals surface area (Å²) in [6.07, 6.45) is 0.642. The molecule has 0 spiro atoms. The van der Waals surface area contributed by atoms with Crippen LogP contribution in [0.1, 0.15) is 32.8 Å². The molecule has 0 radical (unpaired) electrons. The molecule has 1 aliphatic rings. The van der Waals surface area contributed by atoms with Crippen LogP contribution in [0.3, 0.4) is 0 Å². The van der Waals surface area contributed by atoms with Crippen LogP contribution in [-0.4, -0.2) is 44.7 Å². The number of hydrogen-bond donors (Lipinski definition) is 0. The normalized spacial score (nSPS) is 19.4. The molecule has 1 atom stereocenters. The topological polar surface area (TPSA) is 72.9 Å². The third-order valence-electron chi connectivity index (χ3n) is 3.71. The van der Waals surface area contributed by atoms with Crippen LogP contribution in [0, 0.1) is 12.8 Å². The SMILES string of the molecule is Cc1ccc(S(=O)(=O)OCN2CCC(C(=O)OC(C)(C)C)C2)cc1. The van der Waals surface area contributed by atoms with Crippen molar-refractivity contribution in [2.24, 2.45) is 5.92 Å². The Hall–Kier alpha value is -1.44. The highest BCUT2D eigenvalue weighted by Crippen LogP contribution is 2.21. The highest BCUT2D eigenvalue weighted by atomic mass is 32.2. The number of nitrogens with zero attached hydrogens (tertiary/aromatic N) is 1. The van der Waals surface area contributed by atoms with E-state index in [1.165, 1.54) is 12.1 Å². The first-order valence-corrected chi connectivity index (χ1v) is 9.39. The number of ether oxygens (including phenoxy) is 1. The van der Waals surface area contributed by atoms with Crippen molar-refractivity contribution in [3.8, 4) is 0 Å². The molecule has 2 rings (SSSR count). The number of carbonyl (C=O) groups excluding carboxylic acids is 1. The molecule has 0 saturated carbocycles. The summed E-state index contributed by atoms with van der Waals surface area (Å²) >= 11 is 0. The van der Waals surface area contributed by atoms with E-state index in [-0.39, 0.29) is 23.5 Å². The van der Waals surface area contributed by atoms with E-state index < -0.39 is 15.7 Å². The van der Waals surface area contributed by atoms with Gasteiger partial charge in [-0.15, -0.1) is 0 Å². The summed E-state index contributed by atoms with van der Waals surface area (Å²) in [5.74, 6) is -0.485. The van der Waals surface area contributed by atoms with Crippen molar-refractivity contribution >= 4 is 16.1 Å². The highest BCUT2D eigenvalue weighted by molar-refractivity contribution is 7.86. The number of benzene rings is 1. The average Bonchev–Trinajstić information content (AvgIpc) is 2.93. The number of likely N-dealkylation sites (tertiary alicyclic amines) is 1. The summed E-state index contributed by atoms with van der Waals surface area (Å²) in [5.41, 5.74) is 0.462. The number of aryl methyl sites for hydroxylation is 1. The van der Waals surface area contributed by atoms with Gasteiger partial charge in [-0.3, -0.25) is 13.9 Å². The maximum Gasteiger partial charge on any atom is 0.310 e. The predicted molar refractivity (Wildman–Crippen MR) is 89.8 cm³/mol. The molecule has 0 bridgehead atoms. The molecule has 7 heteroatoms. The monoisotopic (exact) mass is 355 g/mol. The zero-order valence-electron chi connectivity index (χ0n) is 14.6. The molecule has 134 valence electrons. The maximum atomic E-state index is 12.2. The Morgan fingerprint density at radius 1 is 1.25 bits per heavy atom. The Morgan fingerprint density at radius 2 is 1.88 bits per heavy atom. The van der Waals surface area contributed by atoms with Crippen molar-refractivity contribution in [2.45, 2.75) is 44.6 Å². The van der Waals surface area contributed by atoms with Crippen LogP contribution in [0.15, 0.2) is 29.2 Å². The van der Waals surface area contributed by atoms with Crippen molar-refractivity contribution < 1.29 is 22.1 Å². The van der Waals surface area contributed by atoms with E-state index in [0.29, 0.717) is 19.5 Å². The van der Waals surface area contributed by atoms with Crippen LogP contribution in [0.4, 0.5) is 0 Å². The lowest BCUT2D eigenvalue weighted by Gasteiger charge is -2.22. The molecule has 1 aromatic carbocycles. The highest BCUT2D eigenvalue weighted by Gasteiger charge is 2.32. The number of carbonyl (C=O) groups is 1. The van der Waals surface area contributed by atoms with E-state index >= 15 is 0 Å². The third kappa shape index (κ3) is 5.29. The quantitative estimate of drug-likeness (QED) is 0.596. The fraction of sp³-hybridized carbons (Fsp3) is 0.588. The molecule has 24 heavy (non-hydrogen) atoms. The van der Waals surface area contributed by atoms with Crippen molar-refractivity contribution in [2.75, 3.05) is 19.8 Å². The molecular weight excluding hydrogens is 330 g/mol. The van der Waals surface area contributed by atoms with Gasteiger partial charge in [-0.2, -0.15) is 8.42 Å². The Bertz CT molecular complexity index is 676. The average molecular weight is 355 g/mol. The first-order chi connectivity index (χ1) is 11.1. The van der Waals surface area contributed by atoms with E-state index in [1.807, 2.05) is 27.7 Å². The molecule has 1 aliphatic heterocycles. The van der Waals surface area contributed by atoms with Gasteiger partial charge in [0.05, 0.1) is 10.8 Å². The Kier molecular flexibility index (Phi) is 5.67. The smallest absolute Gasteiger partial charge is 0.310 e. The largest absolute Gasteiger partial charge is 0.460 e. The van der Waals surface area contributed by atoms with E-state index in [9.17, 15) is 13.2 Å². The summed E-state index contributed by atoms with van der Waals surface area (Å²) in [4.78, 5) is 14.0. The summed E-state index contributed by atoms with van der Waals surface area (Å²) in [5, 5.41) is 0. The first kappa shape index (κ1) is 18.9. The van der Waals surface area contributed by atoms with E-state index in [2.05, 4.69) is 0 Å². The lowest BCUT2D eigenvalue weighted by Crippen LogP contribution is -2.31. The number of esters is 1. The van der Waals surface area contributed by atoms with Gasteiger partial charge in [0.2, 0.25) is 0 Å². The van der Waals surface area contributed by atoms with Crippen molar-refractivity contribution in [3.63, 3.8) is 0 Å². The minimum atomic E-state index is -3.79. The second-order valence-corrected chi connectivity index (χ2v) is 8.73. The second-order valence-electron chi connectivity index (χ2n) is 7.11. The molecule has 1 fully saturated rings. The number of hydrogen-bond acceptors (Lipinski definition) is 6. The molecule has 1 heterocycles. The molecule has 0 amide bonds. The summed E-state index contributed by atoms with van der Waals surface area (Å²) in [6, 6.07) is 6.51. The molecule has 0 aromatic heterocycles. The van der Waals surface area contributed by atoms with Crippen LogP contribution < -0.4 is 0 Å². The molecule has 0 aliphatic carbocycles. The van der Waals surface area contributed by atoms with Crippen LogP contribution in [0.2, 0.25) is 0 Å². The van der Waals surface area contributed by atoms with Crippen LogP contribution in [0.25, 0.3) is 0 Å². The predicted octanol–water partition coefficient (Wildman–Crippen LogP) is 2.32. The van der Waals surface area contributed by atoms with Gasteiger partial charge in [-0.25, -0.2) is 0 Å². The fourth-order valence-corrected chi connectivity index (χ4v) is 3.34. The molecule has 0 N–H and O–H groups in total. The lowest BCUT2D eigenvalue weighted by atomic mass is 10.1. The lowest BCUT2D eigenvalue weighted by molar-refractivity contribution is -0.159. The Balaban J connectivity index is 1.87. The molecule has 1 unspecified atom stereocenters. The van der Waals surface area contributed by atoms with Gasteiger partial charge in [0.25, 0.3) is 10.1 Å². The summed E-state index contributed by atoms with van der Waals surface area (Å²) < 4.78 is 34.8. The minimum Gasteiger partial charge on any atom is -0.460 e. The molecule has 1 aromatic rings. The minimum absolute atomic E-state index is 0.0600. The van der Waals surface area contributed by atoms with Crippen LogP contribution in [0.5, 0.6) is 0 Å². The van der Waals surface area contributed by atoms with Crippen molar-refractivity contribution in [1.29, 1.82) is 0 Å². The molecule has 6 nitrogen and oxygen atoms in total. The summed E-state index contributed by atoms with van der Waals surface area (Å²) in [6.45, 7) is 8.36. The second kappa shape index (κ2) is 7.21. The van der Waals surface area contributed by atoms with Crippen molar-refractivity contribution in [1.82, 2.24) is 4.90 Å². The van der Waals surface area contributed by atoms with Gasteiger partial charge in [0.1, 0.15) is 12.3 Å². The van der Waals surface area contributed by atoms with Gasteiger partial charge in [-0.05, 0) is 46.2 Å². The third-order valence-corrected chi connectivity index (χ3v) is 4.98. The first-order valence-electron chi connectivity index (χ1n) is 7.98. The van der Waals surface area contributed by atoms with Gasteiger partial charge < -0.3 is 4.74 Å². The van der Waals surface area contributed by atoms with Gasteiger partial charge in [-0.1, -0.05) is 17.7 Å². The zero-order valence-corrected chi connectivity index (χ0v) is 15.4. The number of rotatable bonds is 5. The van der Waals surface area contributed by atoms with Crippen LogP contribution in [-0.2, 0) is 23.8 Å². The van der Waals surface area contributed by atoms with Gasteiger partial charge >= 0.3 is 5.97 Å². The Labute approximate surface area is 143 Å².